The molecule has 2 heterocycles. The van der Waals surface area contributed by atoms with Crippen LogP contribution in [0.4, 0.5) is 0 Å². The van der Waals surface area contributed by atoms with Crippen LogP contribution < -0.4 is 5.73 Å². The lowest BCUT2D eigenvalue weighted by Gasteiger charge is -2.33. The van der Waals surface area contributed by atoms with E-state index in [1.807, 2.05) is 48.2 Å². The zero-order valence-electron chi connectivity index (χ0n) is 16.8. The minimum atomic E-state index is 0.124. The fraction of sp³-hybridized carbons (Fsp3) is 0.348. The molecule has 2 aromatic carbocycles. The number of rotatable bonds is 5. The first kappa shape index (κ1) is 19.3. The van der Waals surface area contributed by atoms with Gasteiger partial charge >= 0.3 is 0 Å². The number of nitrogens with zero attached hydrogens (tertiary/aromatic N) is 4. The first-order valence-electron chi connectivity index (χ1n) is 10.2. The highest BCUT2D eigenvalue weighted by Crippen LogP contribution is 2.30. The number of amides is 1. The molecule has 1 aliphatic rings. The van der Waals surface area contributed by atoms with Gasteiger partial charge in [0.1, 0.15) is 0 Å². The largest absolute Gasteiger partial charge is 0.342 e. The number of hydrogen-bond donors (Lipinski definition) is 1. The molecule has 1 amide bonds. The lowest BCUT2D eigenvalue weighted by molar-refractivity contribution is -0.131. The maximum atomic E-state index is 12.9. The molecular weight excluding hydrogens is 362 g/mol. The average molecular weight is 390 g/mol. The molecule has 1 saturated heterocycles. The van der Waals surface area contributed by atoms with Crippen molar-refractivity contribution in [2.75, 3.05) is 13.1 Å². The van der Waals surface area contributed by atoms with Gasteiger partial charge in [-0.1, -0.05) is 47.7 Å². The maximum Gasteiger partial charge on any atom is 0.228 e. The Labute approximate surface area is 171 Å². The van der Waals surface area contributed by atoms with Crippen molar-refractivity contribution >= 4 is 5.91 Å². The predicted octanol–water partition coefficient (Wildman–Crippen LogP) is 2.98. The minimum Gasteiger partial charge on any atom is -0.342 e. The topological polar surface area (TPSA) is 77.0 Å². The van der Waals surface area contributed by atoms with Gasteiger partial charge in [-0.15, -0.1) is 5.10 Å². The third kappa shape index (κ3) is 4.07. The number of benzene rings is 2. The standard InChI is InChI=1S/C23H27N5O/c1-17-22(25-26-28(17)20-8-3-2-4-9-20)15-23(29)27-13-11-18(12-14-27)21-10-6-5-7-19(21)16-24/h2-10,18H,11-16,24H2,1H3. The van der Waals surface area contributed by atoms with Gasteiger partial charge in [-0.05, 0) is 48.9 Å². The molecule has 3 aromatic rings. The highest BCUT2D eigenvalue weighted by molar-refractivity contribution is 5.78. The van der Waals surface area contributed by atoms with E-state index in [0.717, 1.165) is 43.0 Å². The Morgan fingerprint density at radius 1 is 1.07 bits per heavy atom. The average Bonchev–Trinajstić information content (AvgIpc) is 3.14. The Morgan fingerprint density at radius 3 is 2.48 bits per heavy atom. The molecule has 6 nitrogen and oxygen atoms in total. The molecule has 29 heavy (non-hydrogen) atoms. The first-order chi connectivity index (χ1) is 14.2. The van der Waals surface area contributed by atoms with Crippen molar-refractivity contribution in [3.63, 3.8) is 0 Å². The SMILES string of the molecule is Cc1c(CC(=O)N2CCC(c3ccccc3CN)CC2)nnn1-c1ccccc1. The Hall–Kier alpha value is -2.99. The molecule has 150 valence electrons. The highest BCUT2D eigenvalue weighted by atomic mass is 16.2. The number of hydrogen-bond acceptors (Lipinski definition) is 4. The molecule has 1 aliphatic heterocycles. The third-order valence-electron chi connectivity index (χ3n) is 5.87. The van der Waals surface area contributed by atoms with E-state index >= 15 is 0 Å². The van der Waals surface area contributed by atoms with Crippen LogP contribution in [0.3, 0.4) is 0 Å². The van der Waals surface area contributed by atoms with E-state index in [1.54, 1.807) is 4.68 Å². The van der Waals surface area contributed by atoms with Crippen LogP contribution in [0.25, 0.3) is 5.69 Å². The van der Waals surface area contributed by atoms with Gasteiger partial charge in [-0.25, -0.2) is 4.68 Å². The van der Waals surface area contributed by atoms with E-state index in [9.17, 15) is 4.79 Å². The zero-order chi connectivity index (χ0) is 20.2. The molecule has 2 N–H and O–H groups in total. The number of carbonyl (C=O) groups excluding carboxylic acids is 1. The number of para-hydroxylation sites is 1. The van der Waals surface area contributed by atoms with Gasteiger partial charge in [-0.3, -0.25) is 4.79 Å². The van der Waals surface area contributed by atoms with Crippen molar-refractivity contribution in [3.05, 3.63) is 77.1 Å². The maximum absolute atomic E-state index is 12.9. The summed E-state index contributed by atoms with van der Waals surface area (Å²) in [6.07, 6.45) is 2.24. The summed E-state index contributed by atoms with van der Waals surface area (Å²) in [6, 6.07) is 18.3. The Balaban J connectivity index is 1.39. The second-order valence-electron chi connectivity index (χ2n) is 7.60. The fourth-order valence-corrected chi connectivity index (χ4v) is 4.15. The molecule has 0 spiro atoms. The van der Waals surface area contributed by atoms with Gasteiger partial charge < -0.3 is 10.6 Å². The van der Waals surface area contributed by atoms with Gasteiger partial charge in [-0.2, -0.15) is 0 Å². The van der Waals surface area contributed by atoms with E-state index in [1.165, 1.54) is 11.1 Å². The number of carbonyl (C=O) groups is 1. The number of aromatic nitrogens is 3. The van der Waals surface area contributed by atoms with Crippen LogP contribution in [0.1, 0.15) is 41.3 Å². The smallest absolute Gasteiger partial charge is 0.228 e. The van der Waals surface area contributed by atoms with Crippen LogP contribution in [0.2, 0.25) is 0 Å². The lowest BCUT2D eigenvalue weighted by atomic mass is 9.86. The summed E-state index contributed by atoms with van der Waals surface area (Å²) in [5.41, 5.74) is 11.1. The van der Waals surface area contributed by atoms with Crippen LogP contribution in [-0.4, -0.2) is 38.9 Å². The van der Waals surface area contributed by atoms with Crippen molar-refractivity contribution < 1.29 is 4.79 Å². The van der Waals surface area contributed by atoms with Crippen LogP contribution >= 0.6 is 0 Å². The first-order valence-corrected chi connectivity index (χ1v) is 10.2. The van der Waals surface area contributed by atoms with Crippen molar-refractivity contribution in [2.45, 2.75) is 38.6 Å². The van der Waals surface area contributed by atoms with E-state index in [2.05, 4.69) is 28.5 Å². The monoisotopic (exact) mass is 389 g/mol. The molecule has 0 bridgehead atoms. The van der Waals surface area contributed by atoms with Crippen LogP contribution in [0, 0.1) is 6.92 Å². The molecule has 0 radical (unpaired) electrons. The van der Waals surface area contributed by atoms with E-state index in [4.69, 9.17) is 5.73 Å². The lowest BCUT2D eigenvalue weighted by Crippen LogP contribution is -2.39. The van der Waals surface area contributed by atoms with E-state index in [-0.39, 0.29) is 5.91 Å². The summed E-state index contributed by atoms with van der Waals surface area (Å²) in [6.45, 7) is 4.07. The summed E-state index contributed by atoms with van der Waals surface area (Å²) < 4.78 is 1.79. The second kappa shape index (κ2) is 8.57. The summed E-state index contributed by atoms with van der Waals surface area (Å²) >= 11 is 0. The second-order valence-corrected chi connectivity index (χ2v) is 7.60. The molecule has 1 fully saturated rings. The van der Waals surface area contributed by atoms with Gasteiger partial charge in [0.05, 0.1) is 23.5 Å². The fourth-order valence-electron chi connectivity index (χ4n) is 4.15. The van der Waals surface area contributed by atoms with Gasteiger partial charge in [0, 0.05) is 19.6 Å². The summed E-state index contributed by atoms with van der Waals surface area (Å²) in [7, 11) is 0. The number of likely N-dealkylation sites (tertiary alicyclic amines) is 1. The van der Waals surface area contributed by atoms with Crippen molar-refractivity contribution in [2.24, 2.45) is 5.73 Å². The van der Waals surface area contributed by atoms with Crippen molar-refractivity contribution in [1.82, 2.24) is 19.9 Å². The highest BCUT2D eigenvalue weighted by Gasteiger charge is 2.26. The molecule has 0 unspecified atom stereocenters. The molecule has 0 saturated carbocycles. The third-order valence-corrected chi connectivity index (χ3v) is 5.87. The van der Waals surface area contributed by atoms with Crippen LogP contribution in [0.15, 0.2) is 54.6 Å². The molecular formula is C23H27N5O. The molecule has 6 heteroatoms. The summed E-state index contributed by atoms with van der Waals surface area (Å²) in [5.74, 6) is 0.596. The number of nitrogens with two attached hydrogens (primary N) is 1. The van der Waals surface area contributed by atoms with Crippen molar-refractivity contribution in [1.29, 1.82) is 0 Å². The van der Waals surface area contributed by atoms with Crippen LogP contribution in [-0.2, 0) is 17.8 Å². The summed E-state index contributed by atoms with van der Waals surface area (Å²) in [5, 5.41) is 8.50. The van der Waals surface area contributed by atoms with Gasteiger partial charge in [0.2, 0.25) is 5.91 Å². The normalized spacial score (nSPS) is 14.9. The van der Waals surface area contributed by atoms with Crippen molar-refractivity contribution in [3.8, 4) is 5.69 Å². The molecule has 1 aromatic heterocycles. The Bertz CT molecular complexity index is 974. The number of piperidine rings is 1. The van der Waals surface area contributed by atoms with E-state index < -0.39 is 0 Å². The van der Waals surface area contributed by atoms with Gasteiger partial charge in [0.25, 0.3) is 0 Å². The molecule has 4 rings (SSSR count). The van der Waals surface area contributed by atoms with Gasteiger partial charge in [0.15, 0.2) is 0 Å². The summed E-state index contributed by atoms with van der Waals surface area (Å²) in [4.78, 5) is 14.8. The molecule has 0 aliphatic carbocycles. The minimum absolute atomic E-state index is 0.124. The Kier molecular flexibility index (Phi) is 5.71. The Morgan fingerprint density at radius 2 is 1.76 bits per heavy atom. The quantitative estimate of drug-likeness (QED) is 0.728. The zero-order valence-corrected chi connectivity index (χ0v) is 16.8. The van der Waals surface area contributed by atoms with E-state index in [0.29, 0.717) is 18.9 Å². The van der Waals surface area contributed by atoms with Crippen LogP contribution in [0.5, 0.6) is 0 Å². The molecule has 0 atom stereocenters. The predicted molar refractivity (Wildman–Crippen MR) is 113 cm³/mol.